The Morgan fingerprint density at radius 2 is 2.05 bits per heavy atom. The monoisotopic (exact) mass is 324 g/mol. The number of ether oxygens (including phenoxy) is 1. The Kier molecular flexibility index (Phi) is 4.16. The van der Waals surface area contributed by atoms with Crippen LogP contribution in [0.4, 0.5) is 4.39 Å². The lowest BCUT2D eigenvalue weighted by Crippen LogP contribution is -2.00. The molecule has 0 aliphatic carbocycles. The highest BCUT2D eigenvalue weighted by Crippen LogP contribution is 2.22. The first-order valence-corrected chi connectivity index (χ1v) is 6.25. The summed E-state index contributed by atoms with van der Waals surface area (Å²) in [6.07, 6.45) is 0. The maximum absolute atomic E-state index is 13.0. The fourth-order valence-corrected chi connectivity index (χ4v) is 1.89. The van der Waals surface area contributed by atoms with Gasteiger partial charge >= 0.3 is 5.97 Å². The fourth-order valence-electron chi connectivity index (χ4n) is 1.53. The number of carbonyl (C=O) groups is 1. The largest absolute Gasteiger partial charge is 0.489 e. The van der Waals surface area contributed by atoms with E-state index in [0.29, 0.717) is 10.2 Å². The molecular formula is C14H10BrFO3. The minimum Gasteiger partial charge on any atom is -0.489 e. The van der Waals surface area contributed by atoms with Crippen LogP contribution in [0.25, 0.3) is 0 Å². The Hall–Kier alpha value is -1.88. The van der Waals surface area contributed by atoms with Crippen LogP contribution >= 0.6 is 15.9 Å². The van der Waals surface area contributed by atoms with Crippen molar-refractivity contribution in [2.45, 2.75) is 6.61 Å². The van der Waals surface area contributed by atoms with Gasteiger partial charge in [0.05, 0.1) is 10.0 Å². The molecule has 0 bridgehead atoms. The number of hydrogen-bond donors (Lipinski definition) is 1. The number of aromatic carboxylic acids is 1. The minimum atomic E-state index is -0.980. The van der Waals surface area contributed by atoms with Crippen LogP contribution in [0.3, 0.4) is 0 Å². The standard InChI is InChI=1S/C14H10BrFO3/c15-12-7-11(4-5-13(12)16)19-8-9-2-1-3-10(6-9)14(17)18/h1-7H,8H2,(H,17,18). The Morgan fingerprint density at radius 1 is 1.26 bits per heavy atom. The van der Waals surface area contributed by atoms with Gasteiger partial charge in [0.2, 0.25) is 0 Å². The van der Waals surface area contributed by atoms with Crippen molar-refractivity contribution in [3.8, 4) is 5.75 Å². The zero-order valence-electron chi connectivity index (χ0n) is 9.77. The molecule has 0 heterocycles. The van der Waals surface area contributed by atoms with Crippen LogP contribution in [0, 0.1) is 5.82 Å². The Labute approximate surface area is 117 Å². The second-order valence-electron chi connectivity index (χ2n) is 3.87. The molecular weight excluding hydrogens is 315 g/mol. The summed E-state index contributed by atoms with van der Waals surface area (Å²) in [7, 11) is 0. The second kappa shape index (κ2) is 5.84. The molecule has 2 rings (SSSR count). The first kappa shape index (κ1) is 13.5. The third-order valence-electron chi connectivity index (χ3n) is 2.47. The SMILES string of the molecule is O=C(O)c1cccc(COc2ccc(F)c(Br)c2)c1. The van der Waals surface area contributed by atoms with E-state index in [1.165, 1.54) is 24.3 Å². The highest BCUT2D eigenvalue weighted by atomic mass is 79.9. The molecule has 0 saturated heterocycles. The van der Waals surface area contributed by atoms with Gasteiger partial charge in [-0.05, 0) is 51.8 Å². The van der Waals surface area contributed by atoms with Gasteiger partial charge in [0, 0.05) is 0 Å². The van der Waals surface area contributed by atoms with Gasteiger partial charge in [0.15, 0.2) is 0 Å². The van der Waals surface area contributed by atoms with Gasteiger partial charge < -0.3 is 9.84 Å². The first-order valence-electron chi connectivity index (χ1n) is 5.46. The van der Waals surface area contributed by atoms with Crippen molar-refractivity contribution in [3.05, 3.63) is 63.9 Å². The van der Waals surface area contributed by atoms with Gasteiger partial charge in [-0.25, -0.2) is 9.18 Å². The average Bonchev–Trinajstić information content (AvgIpc) is 2.40. The summed E-state index contributed by atoms with van der Waals surface area (Å²) in [4.78, 5) is 10.8. The van der Waals surface area contributed by atoms with Crippen molar-refractivity contribution in [2.24, 2.45) is 0 Å². The molecule has 3 nitrogen and oxygen atoms in total. The summed E-state index contributed by atoms with van der Waals surface area (Å²) >= 11 is 3.07. The Morgan fingerprint density at radius 3 is 2.74 bits per heavy atom. The average molecular weight is 325 g/mol. The fraction of sp³-hybridized carbons (Fsp3) is 0.0714. The molecule has 1 N–H and O–H groups in total. The van der Waals surface area contributed by atoms with E-state index in [9.17, 15) is 9.18 Å². The predicted octanol–water partition coefficient (Wildman–Crippen LogP) is 3.87. The molecule has 0 saturated carbocycles. The second-order valence-corrected chi connectivity index (χ2v) is 4.72. The molecule has 0 aliphatic heterocycles. The van der Waals surface area contributed by atoms with Crippen molar-refractivity contribution in [1.29, 1.82) is 0 Å². The summed E-state index contributed by atoms with van der Waals surface area (Å²) < 4.78 is 18.8. The van der Waals surface area contributed by atoms with Crippen LogP contribution in [0.5, 0.6) is 5.75 Å². The molecule has 98 valence electrons. The van der Waals surface area contributed by atoms with E-state index >= 15 is 0 Å². The highest BCUT2D eigenvalue weighted by Gasteiger charge is 2.05. The maximum Gasteiger partial charge on any atom is 0.335 e. The Balaban J connectivity index is 2.07. The van der Waals surface area contributed by atoms with Gasteiger partial charge in [-0.3, -0.25) is 0 Å². The summed E-state index contributed by atoms with van der Waals surface area (Å²) in [5.74, 6) is -0.833. The number of hydrogen-bond acceptors (Lipinski definition) is 2. The van der Waals surface area contributed by atoms with E-state index in [4.69, 9.17) is 9.84 Å². The first-order chi connectivity index (χ1) is 9.06. The van der Waals surface area contributed by atoms with Crippen molar-refractivity contribution in [2.75, 3.05) is 0 Å². The van der Waals surface area contributed by atoms with Crippen LogP contribution < -0.4 is 4.74 Å². The predicted molar refractivity (Wildman–Crippen MR) is 71.8 cm³/mol. The molecule has 0 unspecified atom stereocenters. The quantitative estimate of drug-likeness (QED) is 0.928. The highest BCUT2D eigenvalue weighted by molar-refractivity contribution is 9.10. The molecule has 5 heteroatoms. The van der Waals surface area contributed by atoms with Crippen LogP contribution in [0.1, 0.15) is 15.9 Å². The molecule has 0 aromatic heterocycles. The van der Waals surface area contributed by atoms with Crippen LogP contribution in [0.2, 0.25) is 0 Å². The topological polar surface area (TPSA) is 46.5 Å². The van der Waals surface area contributed by atoms with E-state index in [2.05, 4.69) is 15.9 Å². The van der Waals surface area contributed by atoms with Gasteiger partial charge in [0.1, 0.15) is 18.2 Å². The number of rotatable bonds is 4. The van der Waals surface area contributed by atoms with Gasteiger partial charge in [-0.1, -0.05) is 12.1 Å². The minimum absolute atomic E-state index is 0.210. The Bertz CT molecular complexity index is 613. The summed E-state index contributed by atoms with van der Waals surface area (Å²) in [5.41, 5.74) is 0.946. The molecule has 0 amide bonds. The number of carboxylic acid groups (broad SMARTS) is 1. The number of carboxylic acids is 1. The zero-order valence-corrected chi connectivity index (χ0v) is 11.4. The maximum atomic E-state index is 13.0. The van der Waals surface area contributed by atoms with Gasteiger partial charge in [0.25, 0.3) is 0 Å². The summed E-state index contributed by atoms with van der Waals surface area (Å²) in [6, 6.07) is 10.8. The number of benzene rings is 2. The van der Waals surface area contributed by atoms with E-state index in [1.807, 2.05) is 0 Å². The number of halogens is 2. The van der Waals surface area contributed by atoms with Crippen molar-refractivity contribution < 1.29 is 19.0 Å². The lowest BCUT2D eigenvalue weighted by atomic mass is 10.1. The summed E-state index contributed by atoms with van der Waals surface area (Å²) in [6.45, 7) is 0.221. The molecule has 2 aromatic carbocycles. The van der Waals surface area contributed by atoms with Gasteiger partial charge in [-0.15, -0.1) is 0 Å². The smallest absolute Gasteiger partial charge is 0.335 e. The lowest BCUT2D eigenvalue weighted by molar-refractivity contribution is 0.0696. The molecule has 19 heavy (non-hydrogen) atoms. The summed E-state index contributed by atoms with van der Waals surface area (Å²) in [5, 5.41) is 8.87. The van der Waals surface area contributed by atoms with E-state index in [-0.39, 0.29) is 18.0 Å². The lowest BCUT2D eigenvalue weighted by Gasteiger charge is -2.07. The van der Waals surface area contributed by atoms with E-state index in [1.54, 1.807) is 18.2 Å². The van der Waals surface area contributed by atoms with Crippen molar-refractivity contribution >= 4 is 21.9 Å². The normalized spacial score (nSPS) is 10.2. The third kappa shape index (κ3) is 3.54. The van der Waals surface area contributed by atoms with Crippen LogP contribution in [0.15, 0.2) is 46.9 Å². The van der Waals surface area contributed by atoms with E-state index in [0.717, 1.165) is 5.56 Å². The molecule has 0 radical (unpaired) electrons. The molecule has 0 spiro atoms. The van der Waals surface area contributed by atoms with Crippen molar-refractivity contribution in [3.63, 3.8) is 0 Å². The molecule has 2 aromatic rings. The van der Waals surface area contributed by atoms with Crippen LogP contribution in [-0.2, 0) is 6.61 Å². The van der Waals surface area contributed by atoms with Gasteiger partial charge in [-0.2, -0.15) is 0 Å². The zero-order chi connectivity index (χ0) is 13.8. The van der Waals surface area contributed by atoms with E-state index < -0.39 is 5.97 Å². The van der Waals surface area contributed by atoms with Crippen LogP contribution in [-0.4, -0.2) is 11.1 Å². The van der Waals surface area contributed by atoms with Crippen molar-refractivity contribution in [1.82, 2.24) is 0 Å². The third-order valence-corrected chi connectivity index (χ3v) is 3.08. The molecule has 0 atom stereocenters. The molecule has 0 aliphatic rings. The molecule has 0 fully saturated rings.